The monoisotopic (exact) mass is 636 g/mol. The fourth-order valence-corrected chi connectivity index (χ4v) is 6.41. The molecule has 0 unspecified atom stereocenters. The summed E-state index contributed by atoms with van der Waals surface area (Å²) in [4.78, 5) is 35.1. The van der Waals surface area contributed by atoms with E-state index in [-0.39, 0.29) is 11.8 Å². The SMILES string of the molecule is O=C1NC(=NCCCCCCCN=C2NC(=O)/C(=C/c3ccc(-c4ccccc4)o3)S2)S/C1=C\c1ccc(-c2ccccc2)o1. The minimum absolute atomic E-state index is 0.157. The van der Waals surface area contributed by atoms with Crippen molar-refractivity contribution in [3.63, 3.8) is 0 Å². The van der Waals surface area contributed by atoms with Crippen LogP contribution in [0.25, 0.3) is 34.8 Å². The van der Waals surface area contributed by atoms with Crippen molar-refractivity contribution in [1.29, 1.82) is 0 Å². The van der Waals surface area contributed by atoms with Crippen LogP contribution in [-0.4, -0.2) is 35.2 Å². The van der Waals surface area contributed by atoms with E-state index in [1.54, 1.807) is 12.2 Å². The Balaban J connectivity index is 0.873. The summed E-state index contributed by atoms with van der Waals surface area (Å²) in [6, 6.07) is 27.3. The number of aliphatic imine (C=N–C) groups is 2. The lowest BCUT2D eigenvalue weighted by molar-refractivity contribution is -0.116. The minimum Gasteiger partial charge on any atom is -0.457 e. The Bertz CT molecular complexity index is 1640. The second kappa shape index (κ2) is 15.0. The number of carbonyl (C=O) groups is 2. The number of furan rings is 2. The molecule has 0 bridgehead atoms. The molecule has 2 aliphatic heterocycles. The average molecular weight is 637 g/mol. The normalized spacial score (nSPS) is 18.4. The number of hydrogen-bond acceptors (Lipinski definition) is 8. The fourth-order valence-electron chi connectivity index (χ4n) is 4.75. The van der Waals surface area contributed by atoms with Crippen molar-refractivity contribution < 1.29 is 18.4 Å². The van der Waals surface area contributed by atoms with Gasteiger partial charge in [0.05, 0.1) is 9.81 Å². The van der Waals surface area contributed by atoms with Crippen LogP contribution < -0.4 is 10.6 Å². The first kappa shape index (κ1) is 30.5. The van der Waals surface area contributed by atoms with Gasteiger partial charge in [-0.25, -0.2) is 0 Å². The van der Waals surface area contributed by atoms with Gasteiger partial charge in [0.25, 0.3) is 11.8 Å². The lowest BCUT2D eigenvalue weighted by Gasteiger charge is -2.00. The highest BCUT2D eigenvalue weighted by atomic mass is 32.2. The van der Waals surface area contributed by atoms with E-state index < -0.39 is 0 Å². The van der Waals surface area contributed by atoms with E-state index in [0.29, 0.717) is 44.8 Å². The molecule has 2 aliphatic rings. The summed E-state index contributed by atoms with van der Waals surface area (Å²) >= 11 is 2.68. The summed E-state index contributed by atoms with van der Waals surface area (Å²) < 4.78 is 11.8. The predicted octanol–water partition coefficient (Wildman–Crippen LogP) is 7.98. The van der Waals surface area contributed by atoms with Crippen LogP contribution in [0.2, 0.25) is 0 Å². The Kier molecular flexibility index (Phi) is 10.1. The van der Waals surface area contributed by atoms with Crippen LogP contribution in [-0.2, 0) is 9.59 Å². The second-order valence-corrected chi connectivity index (χ2v) is 12.5. The van der Waals surface area contributed by atoms with E-state index >= 15 is 0 Å². The molecule has 2 aromatic carbocycles. The molecule has 6 rings (SSSR count). The Labute approximate surface area is 270 Å². The Morgan fingerprint density at radius 1 is 0.556 bits per heavy atom. The maximum absolute atomic E-state index is 12.4. The number of amidine groups is 2. The number of thioether (sulfide) groups is 2. The number of amides is 2. The van der Waals surface area contributed by atoms with Crippen LogP contribution in [0.4, 0.5) is 0 Å². The predicted molar refractivity (Wildman–Crippen MR) is 183 cm³/mol. The first-order chi connectivity index (χ1) is 22.1. The molecule has 8 nitrogen and oxygen atoms in total. The van der Waals surface area contributed by atoms with Gasteiger partial charge in [0.15, 0.2) is 10.3 Å². The maximum atomic E-state index is 12.4. The smallest absolute Gasteiger partial charge is 0.264 e. The summed E-state index contributed by atoms with van der Waals surface area (Å²) in [6.07, 6.45) is 8.59. The third-order valence-electron chi connectivity index (χ3n) is 7.05. The number of unbranched alkanes of at least 4 members (excludes halogenated alkanes) is 4. The van der Waals surface area contributed by atoms with E-state index in [4.69, 9.17) is 8.83 Å². The van der Waals surface area contributed by atoms with Gasteiger partial charge < -0.3 is 19.5 Å². The minimum atomic E-state index is -0.157. The van der Waals surface area contributed by atoms with Crippen molar-refractivity contribution in [1.82, 2.24) is 10.6 Å². The summed E-state index contributed by atoms with van der Waals surface area (Å²) in [6.45, 7) is 1.33. The van der Waals surface area contributed by atoms with E-state index in [1.807, 2.05) is 84.9 Å². The quantitative estimate of drug-likeness (QED) is 0.121. The molecule has 4 heterocycles. The standard InChI is InChI=1S/C35H32N4O4S2/c40-32-30(22-26-16-18-28(42-26)24-12-6-4-7-13-24)44-34(38-32)36-20-10-2-1-3-11-21-37-35-39-33(41)31(45-35)23-27-17-19-29(43-27)25-14-8-5-9-15-25/h4-9,12-19,22-23H,1-3,10-11,20-21H2,(H,36,38,40)(H,37,39,41)/b30-22-,31-23-. The zero-order valence-electron chi connectivity index (χ0n) is 24.5. The number of hydrogen-bond donors (Lipinski definition) is 2. The van der Waals surface area contributed by atoms with Gasteiger partial charge in [-0.1, -0.05) is 79.9 Å². The van der Waals surface area contributed by atoms with Crippen LogP contribution in [0.3, 0.4) is 0 Å². The molecule has 2 aromatic heterocycles. The molecule has 2 fully saturated rings. The zero-order valence-corrected chi connectivity index (χ0v) is 26.2. The molecule has 0 spiro atoms. The Morgan fingerprint density at radius 3 is 1.42 bits per heavy atom. The molecular weight excluding hydrogens is 605 g/mol. The van der Waals surface area contributed by atoms with Gasteiger partial charge in [0, 0.05) is 36.4 Å². The van der Waals surface area contributed by atoms with Crippen molar-refractivity contribution >= 4 is 57.8 Å². The number of nitrogens with zero attached hydrogens (tertiary/aromatic N) is 2. The second-order valence-electron chi connectivity index (χ2n) is 10.4. The van der Waals surface area contributed by atoms with Gasteiger partial charge >= 0.3 is 0 Å². The molecule has 2 amide bonds. The first-order valence-electron chi connectivity index (χ1n) is 14.9. The topological polar surface area (TPSA) is 109 Å². The van der Waals surface area contributed by atoms with Crippen LogP contribution in [0, 0.1) is 0 Å². The number of benzene rings is 2. The van der Waals surface area contributed by atoms with E-state index in [9.17, 15) is 9.59 Å². The lowest BCUT2D eigenvalue weighted by Crippen LogP contribution is -2.20. The average Bonchev–Trinajstić information content (AvgIpc) is 3.86. The van der Waals surface area contributed by atoms with Crippen molar-refractivity contribution in [2.24, 2.45) is 9.98 Å². The maximum Gasteiger partial charge on any atom is 0.264 e. The summed E-state index contributed by atoms with van der Waals surface area (Å²) in [5.41, 5.74) is 1.99. The van der Waals surface area contributed by atoms with Crippen LogP contribution in [0.15, 0.2) is 114 Å². The van der Waals surface area contributed by atoms with Crippen LogP contribution in [0.5, 0.6) is 0 Å². The molecule has 4 aromatic rings. The van der Waals surface area contributed by atoms with Gasteiger partial charge in [0.2, 0.25) is 0 Å². The van der Waals surface area contributed by atoms with Crippen molar-refractivity contribution in [3.05, 3.63) is 106 Å². The van der Waals surface area contributed by atoms with Gasteiger partial charge in [-0.3, -0.25) is 19.6 Å². The molecule has 2 N–H and O–H groups in total. The third-order valence-corrected chi connectivity index (χ3v) is 8.94. The highest BCUT2D eigenvalue weighted by Crippen LogP contribution is 2.30. The van der Waals surface area contributed by atoms with Crippen molar-refractivity contribution in [2.45, 2.75) is 32.1 Å². The highest BCUT2D eigenvalue weighted by molar-refractivity contribution is 8.19. The highest BCUT2D eigenvalue weighted by Gasteiger charge is 2.25. The third kappa shape index (κ3) is 8.34. The molecule has 228 valence electrons. The van der Waals surface area contributed by atoms with Crippen molar-refractivity contribution in [3.8, 4) is 22.6 Å². The Morgan fingerprint density at radius 2 is 0.978 bits per heavy atom. The summed E-state index contributed by atoms with van der Waals surface area (Å²) in [7, 11) is 0. The lowest BCUT2D eigenvalue weighted by atomic mass is 10.1. The fraction of sp³-hybridized carbons (Fsp3) is 0.200. The molecule has 0 atom stereocenters. The molecule has 2 saturated heterocycles. The Hall–Kier alpha value is -4.54. The van der Waals surface area contributed by atoms with Gasteiger partial charge in [0.1, 0.15) is 23.0 Å². The molecule has 0 radical (unpaired) electrons. The molecule has 0 saturated carbocycles. The van der Waals surface area contributed by atoms with Crippen molar-refractivity contribution in [2.75, 3.05) is 13.1 Å². The van der Waals surface area contributed by atoms with Gasteiger partial charge in [-0.2, -0.15) is 0 Å². The van der Waals surface area contributed by atoms with E-state index in [0.717, 1.165) is 54.8 Å². The van der Waals surface area contributed by atoms with E-state index in [2.05, 4.69) is 20.6 Å². The molecule has 10 heteroatoms. The largest absolute Gasteiger partial charge is 0.457 e. The molecular formula is C35H32N4O4S2. The number of carbonyl (C=O) groups excluding carboxylic acids is 2. The van der Waals surface area contributed by atoms with Gasteiger partial charge in [-0.15, -0.1) is 0 Å². The van der Waals surface area contributed by atoms with Gasteiger partial charge in [-0.05, 0) is 60.6 Å². The summed E-state index contributed by atoms with van der Waals surface area (Å²) in [5.74, 6) is 2.49. The number of rotatable bonds is 12. The number of nitrogens with one attached hydrogen (secondary N) is 2. The first-order valence-corrected chi connectivity index (χ1v) is 16.6. The van der Waals surface area contributed by atoms with Crippen LogP contribution >= 0.6 is 23.5 Å². The molecule has 45 heavy (non-hydrogen) atoms. The van der Waals surface area contributed by atoms with Crippen LogP contribution in [0.1, 0.15) is 43.6 Å². The summed E-state index contributed by atoms with van der Waals surface area (Å²) in [5, 5.41) is 6.95. The molecule has 0 aliphatic carbocycles. The zero-order chi connectivity index (χ0) is 30.8. The van der Waals surface area contributed by atoms with E-state index in [1.165, 1.54) is 23.5 Å².